The van der Waals surface area contributed by atoms with E-state index < -0.39 is 0 Å². The van der Waals surface area contributed by atoms with Gasteiger partial charge < -0.3 is 10.5 Å². The van der Waals surface area contributed by atoms with Crippen LogP contribution in [-0.2, 0) is 11.3 Å². The van der Waals surface area contributed by atoms with E-state index in [9.17, 15) is 0 Å². The lowest BCUT2D eigenvalue weighted by atomic mass is 9.92. The fourth-order valence-corrected chi connectivity index (χ4v) is 3.41. The molecule has 0 amide bonds. The summed E-state index contributed by atoms with van der Waals surface area (Å²) in [4.78, 5) is 2.47. The largest absolute Gasteiger partial charge is 0.378 e. The van der Waals surface area contributed by atoms with E-state index in [0.29, 0.717) is 12.0 Å². The predicted molar refractivity (Wildman–Crippen MR) is 76.8 cm³/mol. The van der Waals surface area contributed by atoms with Gasteiger partial charge in [0.25, 0.3) is 0 Å². The van der Waals surface area contributed by atoms with Crippen LogP contribution in [0.4, 0.5) is 0 Å². The topological polar surface area (TPSA) is 38.5 Å². The van der Waals surface area contributed by atoms with Crippen molar-refractivity contribution in [3.8, 4) is 0 Å². The number of benzene rings is 1. The van der Waals surface area contributed by atoms with Crippen LogP contribution in [-0.4, -0.2) is 36.7 Å². The van der Waals surface area contributed by atoms with Gasteiger partial charge in [-0.05, 0) is 24.8 Å². The quantitative estimate of drug-likeness (QED) is 0.903. The molecule has 0 saturated carbocycles. The second kappa shape index (κ2) is 6.04. The first-order valence-electron chi connectivity index (χ1n) is 7.46. The Bertz CT molecular complexity index is 389. The summed E-state index contributed by atoms with van der Waals surface area (Å²) in [6, 6.07) is 10.9. The Labute approximate surface area is 115 Å². The minimum atomic E-state index is 0.270. The highest BCUT2D eigenvalue weighted by atomic mass is 16.5. The average molecular weight is 260 g/mol. The molecule has 0 radical (unpaired) electrons. The first-order valence-corrected chi connectivity index (χ1v) is 7.46. The average Bonchev–Trinajstić information content (AvgIpc) is 2.82. The first-order chi connectivity index (χ1) is 9.33. The Hall–Kier alpha value is -0.900. The number of rotatable bonds is 3. The van der Waals surface area contributed by atoms with Crippen molar-refractivity contribution in [2.24, 2.45) is 11.7 Å². The van der Waals surface area contributed by atoms with Crippen molar-refractivity contribution in [2.45, 2.75) is 38.0 Å². The number of nitrogens with zero attached hydrogens (tertiary/aromatic N) is 1. The smallest absolute Gasteiger partial charge is 0.0630 e. The maximum Gasteiger partial charge on any atom is 0.0630 e. The molecule has 3 heteroatoms. The summed E-state index contributed by atoms with van der Waals surface area (Å²) in [6.45, 7) is 4.02. The SMILES string of the molecule is N[C@@H]1CN(Cc2ccccc2)C[C@@H]1[C@@H]1CCCCO1. The van der Waals surface area contributed by atoms with Gasteiger partial charge in [0.1, 0.15) is 0 Å². The molecule has 0 unspecified atom stereocenters. The van der Waals surface area contributed by atoms with E-state index in [1.54, 1.807) is 0 Å². The number of ether oxygens (including phenoxy) is 1. The Morgan fingerprint density at radius 3 is 2.74 bits per heavy atom. The molecule has 3 nitrogen and oxygen atoms in total. The third kappa shape index (κ3) is 3.16. The molecule has 1 aromatic rings. The molecule has 3 rings (SSSR count). The van der Waals surface area contributed by atoms with E-state index >= 15 is 0 Å². The number of hydrogen-bond donors (Lipinski definition) is 1. The van der Waals surface area contributed by atoms with Gasteiger partial charge in [-0.3, -0.25) is 4.90 Å². The van der Waals surface area contributed by atoms with Crippen molar-refractivity contribution in [3.05, 3.63) is 35.9 Å². The number of hydrogen-bond acceptors (Lipinski definition) is 3. The van der Waals surface area contributed by atoms with Gasteiger partial charge in [-0.1, -0.05) is 30.3 Å². The Balaban J connectivity index is 1.58. The van der Waals surface area contributed by atoms with Gasteiger partial charge in [-0.15, -0.1) is 0 Å². The van der Waals surface area contributed by atoms with E-state index in [4.69, 9.17) is 10.5 Å². The van der Waals surface area contributed by atoms with Crippen molar-refractivity contribution in [1.82, 2.24) is 4.90 Å². The highest BCUT2D eigenvalue weighted by Gasteiger charge is 2.36. The van der Waals surface area contributed by atoms with Gasteiger partial charge in [0, 0.05) is 38.2 Å². The van der Waals surface area contributed by atoms with Crippen LogP contribution in [0.5, 0.6) is 0 Å². The van der Waals surface area contributed by atoms with Gasteiger partial charge in [0.05, 0.1) is 6.10 Å². The third-order valence-corrected chi connectivity index (χ3v) is 4.43. The van der Waals surface area contributed by atoms with Crippen molar-refractivity contribution in [3.63, 3.8) is 0 Å². The fraction of sp³-hybridized carbons (Fsp3) is 0.625. The van der Waals surface area contributed by atoms with Crippen molar-refractivity contribution in [2.75, 3.05) is 19.7 Å². The normalized spacial score (nSPS) is 32.6. The highest BCUT2D eigenvalue weighted by Crippen LogP contribution is 2.28. The molecule has 2 aliphatic rings. The molecule has 2 saturated heterocycles. The molecule has 2 aliphatic heterocycles. The summed E-state index contributed by atoms with van der Waals surface area (Å²) in [5, 5.41) is 0. The summed E-state index contributed by atoms with van der Waals surface area (Å²) in [5.74, 6) is 0.518. The zero-order chi connectivity index (χ0) is 13.1. The van der Waals surface area contributed by atoms with Crippen LogP contribution in [0.25, 0.3) is 0 Å². The van der Waals surface area contributed by atoms with Crippen molar-refractivity contribution < 1.29 is 4.74 Å². The maximum absolute atomic E-state index is 6.33. The molecule has 2 N–H and O–H groups in total. The molecule has 2 heterocycles. The van der Waals surface area contributed by atoms with E-state index in [1.807, 2.05) is 0 Å². The molecule has 0 spiro atoms. The Morgan fingerprint density at radius 1 is 1.16 bits per heavy atom. The van der Waals surface area contributed by atoms with Crippen LogP contribution in [0.2, 0.25) is 0 Å². The van der Waals surface area contributed by atoms with Crippen LogP contribution in [0, 0.1) is 5.92 Å². The van der Waals surface area contributed by atoms with Gasteiger partial charge in [-0.25, -0.2) is 0 Å². The van der Waals surface area contributed by atoms with Gasteiger partial charge in [-0.2, -0.15) is 0 Å². The van der Waals surface area contributed by atoms with Crippen LogP contribution in [0.3, 0.4) is 0 Å². The lowest BCUT2D eigenvalue weighted by Gasteiger charge is -2.29. The number of likely N-dealkylation sites (tertiary alicyclic amines) is 1. The zero-order valence-corrected chi connectivity index (χ0v) is 11.5. The molecular formula is C16H24N2O. The van der Waals surface area contributed by atoms with E-state index in [1.165, 1.54) is 24.8 Å². The maximum atomic E-state index is 6.33. The molecular weight excluding hydrogens is 236 g/mol. The predicted octanol–water partition coefficient (Wildman–Crippen LogP) is 2.01. The van der Waals surface area contributed by atoms with Gasteiger partial charge in [0.2, 0.25) is 0 Å². The standard InChI is InChI=1S/C16H24N2O/c17-15-12-18(10-13-6-2-1-3-7-13)11-14(15)16-8-4-5-9-19-16/h1-3,6-7,14-16H,4-5,8-12,17H2/t14-,15+,16-/m0/s1. The molecule has 0 aliphatic carbocycles. The molecule has 1 aromatic carbocycles. The lowest BCUT2D eigenvalue weighted by Crippen LogP contribution is -2.39. The first kappa shape index (κ1) is 13.1. The van der Waals surface area contributed by atoms with Gasteiger partial charge in [0.15, 0.2) is 0 Å². The summed E-state index contributed by atoms with van der Waals surface area (Å²) in [6.07, 6.45) is 4.10. The summed E-state index contributed by atoms with van der Waals surface area (Å²) >= 11 is 0. The Kier molecular flexibility index (Phi) is 4.16. The molecule has 0 bridgehead atoms. The van der Waals surface area contributed by atoms with E-state index in [2.05, 4.69) is 35.2 Å². The van der Waals surface area contributed by atoms with Crippen LogP contribution in [0.1, 0.15) is 24.8 Å². The molecule has 3 atom stereocenters. The van der Waals surface area contributed by atoms with Crippen molar-refractivity contribution in [1.29, 1.82) is 0 Å². The molecule has 0 aromatic heterocycles. The highest BCUT2D eigenvalue weighted by molar-refractivity contribution is 5.15. The third-order valence-electron chi connectivity index (χ3n) is 4.43. The molecule has 104 valence electrons. The van der Waals surface area contributed by atoms with E-state index in [-0.39, 0.29) is 6.04 Å². The molecule has 19 heavy (non-hydrogen) atoms. The van der Waals surface area contributed by atoms with Crippen molar-refractivity contribution >= 4 is 0 Å². The molecule has 2 fully saturated rings. The monoisotopic (exact) mass is 260 g/mol. The van der Waals surface area contributed by atoms with Gasteiger partial charge >= 0.3 is 0 Å². The van der Waals surface area contributed by atoms with E-state index in [0.717, 1.165) is 26.2 Å². The zero-order valence-electron chi connectivity index (χ0n) is 11.5. The van der Waals surface area contributed by atoms with Crippen LogP contribution >= 0.6 is 0 Å². The minimum Gasteiger partial charge on any atom is -0.378 e. The summed E-state index contributed by atoms with van der Waals surface area (Å²) < 4.78 is 5.92. The summed E-state index contributed by atoms with van der Waals surface area (Å²) in [5.41, 5.74) is 7.71. The minimum absolute atomic E-state index is 0.270. The second-order valence-corrected chi connectivity index (χ2v) is 5.91. The summed E-state index contributed by atoms with van der Waals surface area (Å²) in [7, 11) is 0. The second-order valence-electron chi connectivity index (χ2n) is 5.91. The Morgan fingerprint density at radius 2 is 2.00 bits per heavy atom. The number of nitrogens with two attached hydrogens (primary N) is 1. The van der Waals surface area contributed by atoms with Crippen LogP contribution in [0.15, 0.2) is 30.3 Å². The van der Waals surface area contributed by atoms with Crippen LogP contribution < -0.4 is 5.73 Å². The lowest BCUT2D eigenvalue weighted by molar-refractivity contribution is -0.0214. The fourth-order valence-electron chi connectivity index (χ4n) is 3.41.